The Morgan fingerprint density at radius 1 is 1.00 bits per heavy atom. The average molecular weight is 297 g/mol. The summed E-state index contributed by atoms with van der Waals surface area (Å²) in [4.78, 5) is 0. The molecule has 0 aromatic heterocycles. The summed E-state index contributed by atoms with van der Waals surface area (Å²) in [6.07, 6.45) is -8.40. The third-order valence-electron chi connectivity index (χ3n) is 2.26. The third kappa shape index (κ3) is 2.91. The number of nitrogens with one attached hydrogen (secondary N) is 1. The molecule has 10 heteroatoms. The Hall–Kier alpha value is -2.07. The fourth-order valence-corrected chi connectivity index (χ4v) is 1.33. The maximum absolute atomic E-state index is 12.6. The first-order chi connectivity index (χ1) is 9.19. The maximum atomic E-state index is 12.6. The van der Waals surface area contributed by atoms with Crippen LogP contribution in [0.1, 0.15) is 0 Å². The van der Waals surface area contributed by atoms with Crippen LogP contribution in [0, 0.1) is 0 Å². The van der Waals surface area contributed by atoms with E-state index in [2.05, 4.69) is 10.3 Å². The molecule has 1 heterocycles. The van der Waals surface area contributed by atoms with Gasteiger partial charge in [-0.15, -0.1) is 5.53 Å². The van der Waals surface area contributed by atoms with Crippen molar-refractivity contribution < 1.29 is 31.9 Å². The first kappa shape index (κ1) is 14.3. The maximum Gasteiger partial charge on any atom is 0.499 e. The lowest BCUT2D eigenvalue weighted by atomic mass is 10.3. The minimum atomic E-state index is -5.79. The zero-order valence-electron chi connectivity index (χ0n) is 9.60. The van der Waals surface area contributed by atoms with Crippen molar-refractivity contribution in [3.63, 3.8) is 0 Å². The summed E-state index contributed by atoms with van der Waals surface area (Å²) in [6, 6.07) is 4.37. The Bertz CT molecular complexity index is 503. The van der Waals surface area contributed by atoms with Gasteiger partial charge in [0.25, 0.3) is 0 Å². The molecule has 2 N–H and O–H groups in total. The summed E-state index contributed by atoms with van der Waals surface area (Å²) in [5.74, 6) is -0.639. The smallest absolute Gasteiger partial charge is 0.426 e. The van der Waals surface area contributed by atoms with Gasteiger partial charge in [-0.25, -0.2) is 0 Å². The van der Waals surface area contributed by atoms with Gasteiger partial charge in [-0.3, -0.25) is 10.2 Å². The molecule has 0 fully saturated rings. The van der Waals surface area contributed by atoms with Gasteiger partial charge in [0.1, 0.15) is 5.75 Å². The van der Waals surface area contributed by atoms with Crippen LogP contribution >= 0.6 is 0 Å². The lowest BCUT2D eigenvalue weighted by molar-refractivity contribution is -0.360. The first-order valence-corrected chi connectivity index (χ1v) is 5.15. The van der Waals surface area contributed by atoms with E-state index in [1.54, 1.807) is 0 Å². The molecule has 5 nitrogen and oxygen atoms in total. The SMILES string of the molecule is ON1C=CN(c2ccc(OC(F)(F)C(F)(F)F)cc2)N1. The molecule has 2 rings (SSSR count). The van der Waals surface area contributed by atoms with Crippen molar-refractivity contribution in [2.24, 2.45) is 0 Å². The zero-order valence-corrected chi connectivity index (χ0v) is 9.60. The molecule has 1 aromatic rings. The molecule has 0 amide bonds. The van der Waals surface area contributed by atoms with Crippen LogP contribution in [0.2, 0.25) is 0 Å². The fraction of sp³-hybridized carbons (Fsp3) is 0.200. The van der Waals surface area contributed by atoms with Gasteiger partial charge in [0.15, 0.2) is 0 Å². The summed E-state index contributed by atoms with van der Waals surface area (Å²) in [5.41, 5.74) is 2.79. The standard InChI is InChI=1S/C10H8F5N3O2/c11-9(12,13)10(14,15)20-8-3-1-7(2-4-8)17-5-6-18(19)16-17/h1-6,16,19H. The molecule has 0 saturated heterocycles. The van der Waals surface area contributed by atoms with Gasteiger partial charge in [-0.2, -0.15) is 27.1 Å². The second-order valence-electron chi connectivity index (χ2n) is 3.72. The molecule has 0 unspecified atom stereocenters. The van der Waals surface area contributed by atoms with Gasteiger partial charge < -0.3 is 4.74 Å². The van der Waals surface area contributed by atoms with Crippen LogP contribution in [0.3, 0.4) is 0 Å². The van der Waals surface area contributed by atoms with Gasteiger partial charge in [-0.1, -0.05) is 0 Å². The van der Waals surface area contributed by atoms with Gasteiger partial charge in [0, 0.05) is 6.20 Å². The molecule has 0 saturated carbocycles. The highest BCUT2D eigenvalue weighted by Gasteiger charge is 2.61. The number of hydroxylamine groups is 1. The molecular formula is C10H8F5N3O2. The molecule has 20 heavy (non-hydrogen) atoms. The van der Waals surface area contributed by atoms with Gasteiger partial charge in [-0.05, 0) is 24.3 Å². The number of rotatable bonds is 3. The molecule has 0 bridgehead atoms. The number of ether oxygens (including phenoxy) is 1. The van der Waals surface area contributed by atoms with Crippen LogP contribution < -0.4 is 15.3 Å². The van der Waals surface area contributed by atoms with E-state index >= 15 is 0 Å². The van der Waals surface area contributed by atoms with Crippen molar-refractivity contribution in [2.75, 3.05) is 5.01 Å². The van der Waals surface area contributed by atoms with E-state index in [0.29, 0.717) is 10.9 Å². The summed E-state index contributed by atoms with van der Waals surface area (Å²) < 4.78 is 64.8. The Labute approximate surface area is 109 Å². The van der Waals surface area contributed by atoms with E-state index in [-0.39, 0.29) is 0 Å². The number of hydrogen-bond donors (Lipinski definition) is 2. The second-order valence-corrected chi connectivity index (χ2v) is 3.72. The molecule has 1 aliphatic heterocycles. The highest BCUT2D eigenvalue weighted by Crippen LogP contribution is 2.37. The third-order valence-corrected chi connectivity index (χ3v) is 2.26. The summed E-state index contributed by atoms with van der Waals surface area (Å²) >= 11 is 0. The predicted octanol–water partition coefficient (Wildman–Crippen LogP) is 2.62. The van der Waals surface area contributed by atoms with Crippen LogP contribution in [-0.4, -0.2) is 22.7 Å². The number of nitrogens with zero attached hydrogens (tertiary/aromatic N) is 2. The van der Waals surface area contributed by atoms with Gasteiger partial charge >= 0.3 is 12.3 Å². The molecule has 1 aromatic carbocycles. The van der Waals surface area contributed by atoms with Crippen LogP contribution in [0.4, 0.5) is 27.6 Å². The van der Waals surface area contributed by atoms with Crippen molar-refractivity contribution in [3.8, 4) is 5.75 Å². The van der Waals surface area contributed by atoms with E-state index < -0.39 is 18.0 Å². The number of benzene rings is 1. The van der Waals surface area contributed by atoms with E-state index in [1.807, 2.05) is 0 Å². The van der Waals surface area contributed by atoms with Crippen LogP contribution in [0.15, 0.2) is 36.7 Å². The number of alkyl halides is 5. The number of hydrogen-bond acceptors (Lipinski definition) is 5. The Balaban J connectivity index is 2.08. The summed E-state index contributed by atoms with van der Waals surface area (Å²) in [5, 5.41) is 10.9. The van der Waals surface area contributed by atoms with E-state index in [4.69, 9.17) is 5.21 Å². The predicted molar refractivity (Wildman–Crippen MR) is 56.5 cm³/mol. The van der Waals surface area contributed by atoms with Gasteiger partial charge in [0.2, 0.25) is 0 Å². The van der Waals surface area contributed by atoms with Crippen LogP contribution in [0.25, 0.3) is 0 Å². The number of halogens is 5. The molecular weight excluding hydrogens is 289 g/mol. The van der Waals surface area contributed by atoms with Gasteiger partial charge in [0.05, 0.1) is 11.9 Å². The molecule has 0 spiro atoms. The van der Waals surface area contributed by atoms with Crippen molar-refractivity contribution >= 4 is 5.69 Å². The quantitative estimate of drug-likeness (QED) is 0.840. The molecule has 0 aliphatic carbocycles. The fourth-order valence-electron chi connectivity index (χ4n) is 1.33. The Morgan fingerprint density at radius 2 is 1.60 bits per heavy atom. The Kier molecular flexibility index (Phi) is 3.44. The minimum Gasteiger partial charge on any atom is -0.426 e. The lowest BCUT2D eigenvalue weighted by Crippen LogP contribution is -2.41. The normalized spacial score (nSPS) is 15.9. The monoisotopic (exact) mass is 297 g/mol. The molecule has 110 valence electrons. The number of anilines is 1. The van der Waals surface area contributed by atoms with E-state index in [1.165, 1.54) is 29.5 Å². The second kappa shape index (κ2) is 4.80. The van der Waals surface area contributed by atoms with Crippen molar-refractivity contribution in [3.05, 3.63) is 36.7 Å². The van der Waals surface area contributed by atoms with Crippen molar-refractivity contribution in [2.45, 2.75) is 12.3 Å². The minimum absolute atomic E-state index is 0.389. The first-order valence-electron chi connectivity index (χ1n) is 5.15. The topological polar surface area (TPSA) is 48.0 Å². The molecule has 0 radical (unpaired) electrons. The highest BCUT2D eigenvalue weighted by atomic mass is 19.4. The molecule has 0 atom stereocenters. The van der Waals surface area contributed by atoms with Crippen LogP contribution in [0.5, 0.6) is 5.75 Å². The van der Waals surface area contributed by atoms with E-state index in [9.17, 15) is 22.0 Å². The highest BCUT2D eigenvalue weighted by molar-refractivity contribution is 5.50. The zero-order chi connectivity index (χ0) is 15.0. The average Bonchev–Trinajstić information content (AvgIpc) is 2.75. The largest absolute Gasteiger partial charge is 0.499 e. The van der Waals surface area contributed by atoms with E-state index in [0.717, 1.165) is 12.1 Å². The van der Waals surface area contributed by atoms with Crippen molar-refractivity contribution in [1.29, 1.82) is 0 Å². The lowest BCUT2D eigenvalue weighted by Gasteiger charge is -2.21. The van der Waals surface area contributed by atoms with Crippen LogP contribution in [-0.2, 0) is 0 Å². The number of hydrazine groups is 2. The Morgan fingerprint density at radius 3 is 2.05 bits per heavy atom. The molecule has 1 aliphatic rings. The summed E-state index contributed by atoms with van der Waals surface area (Å²) in [6.45, 7) is 0. The summed E-state index contributed by atoms with van der Waals surface area (Å²) in [7, 11) is 0. The van der Waals surface area contributed by atoms with Crippen molar-refractivity contribution in [1.82, 2.24) is 10.7 Å².